The van der Waals surface area contributed by atoms with Gasteiger partial charge in [0, 0.05) is 16.9 Å². The van der Waals surface area contributed by atoms with Crippen LogP contribution in [0.4, 0.5) is 11.4 Å². The lowest BCUT2D eigenvalue weighted by atomic mass is 10.2. The molecule has 7 nitrogen and oxygen atoms in total. The van der Waals surface area contributed by atoms with Crippen molar-refractivity contribution in [2.75, 3.05) is 16.4 Å². The third-order valence-corrected chi connectivity index (χ3v) is 4.08. The molecule has 126 valence electrons. The first-order valence-electron chi connectivity index (χ1n) is 7.45. The maximum absolute atomic E-state index is 12.2. The van der Waals surface area contributed by atoms with Crippen molar-refractivity contribution >= 4 is 35.0 Å². The SMILES string of the molecule is O=C(CSc1cn[nH]n1)Nc1cccc(NC(=O)c2ccccc2)c1. The number of hydrogen-bond acceptors (Lipinski definition) is 5. The predicted molar refractivity (Wildman–Crippen MR) is 96.6 cm³/mol. The number of hydrogen-bond donors (Lipinski definition) is 3. The molecule has 0 aliphatic heterocycles. The summed E-state index contributed by atoms with van der Waals surface area (Å²) in [6, 6.07) is 15.9. The third kappa shape index (κ3) is 4.92. The Morgan fingerprint density at radius 2 is 1.76 bits per heavy atom. The molecular formula is C17H15N5O2S. The average Bonchev–Trinajstić information content (AvgIpc) is 3.15. The number of amides is 2. The number of aromatic nitrogens is 3. The first-order valence-corrected chi connectivity index (χ1v) is 8.44. The molecule has 0 unspecified atom stereocenters. The number of nitrogens with one attached hydrogen (secondary N) is 3. The Morgan fingerprint density at radius 3 is 2.48 bits per heavy atom. The van der Waals surface area contributed by atoms with Gasteiger partial charge in [-0.3, -0.25) is 9.59 Å². The van der Waals surface area contributed by atoms with Crippen LogP contribution in [0.5, 0.6) is 0 Å². The molecule has 0 saturated heterocycles. The summed E-state index contributed by atoms with van der Waals surface area (Å²) < 4.78 is 0. The normalized spacial score (nSPS) is 10.2. The van der Waals surface area contributed by atoms with Crippen LogP contribution in [0.2, 0.25) is 0 Å². The van der Waals surface area contributed by atoms with Crippen molar-refractivity contribution in [2.24, 2.45) is 0 Å². The van der Waals surface area contributed by atoms with Crippen molar-refractivity contribution < 1.29 is 9.59 Å². The fraction of sp³-hybridized carbons (Fsp3) is 0.0588. The van der Waals surface area contributed by atoms with E-state index in [4.69, 9.17) is 0 Å². The Morgan fingerprint density at radius 1 is 1.00 bits per heavy atom. The molecule has 3 aromatic rings. The highest BCUT2D eigenvalue weighted by molar-refractivity contribution is 7.99. The zero-order valence-corrected chi connectivity index (χ0v) is 13.9. The van der Waals surface area contributed by atoms with Crippen molar-refractivity contribution in [1.29, 1.82) is 0 Å². The van der Waals surface area contributed by atoms with Gasteiger partial charge in [-0.1, -0.05) is 36.0 Å². The average molecular weight is 353 g/mol. The molecule has 3 rings (SSSR count). The van der Waals surface area contributed by atoms with E-state index in [2.05, 4.69) is 26.0 Å². The van der Waals surface area contributed by atoms with Gasteiger partial charge in [-0.25, -0.2) is 0 Å². The summed E-state index contributed by atoms with van der Waals surface area (Å²) in [6.07, 6.45) is 1.55. The van der Waals surface area contributed by atoms with Gasteiger partial charge in [0.05, 0.1) is 11.9 Å². The fourth-order valence-electron chi connectivity index (χ4n) is 2.06. The molecule has 0 bridgehead atoms. The molecule has 2 aromatic carbocycles. The van der Waals surface area contributed by atoms with E-state index in [0.717, 1.165) is 0 Å². The summed E-state index contributed by atoms with van der Waals surface area (Å²) in [5, 5.41) is 16.3. The summed E-state index contributed by atoms with van der Waals surface area (Å²) in [7, 11) is 0. The zero-order chi connectivity index (χ0) is 17.5. The zero-order valence-electron chi connectivity index (χ0n) is 13.1. The van der Waals surface area contributed by atoms with Crippen LogP contribution in [0.1, 0.15) is 10.4 Å². The number of rotatable bonds is 6. The summed E-state index contributed by atoms with van der Waals surface area (Å²) >= 11 is 1.28. The molecule has 1 heterocycles. The molecule has 2 amide bonds. The highest BCUT2D eigenvalue weighted by atomic mass is 32.2. The second-order valence-corrected chi connectivity index (χ2v) is 6.04. The molecule has 0 spiro atoms. The predicted octanol–water partition coefficient (Wildman–Crippen LogP) is 2.79. The molecule has 1 aromatic heterocycles. The van der Waals surface area contributed by atoms with Gasteiger partial charge in [0.25, 0.3) is 5.91 Å². The second-order valence-electron chi connectivity index (χ2n) is 5.05. The van der Waals surface area contributed by atoms with E-state index >= 15 is 0 Å². The Labute approximate surface area is 148 Å². The van der Waals surface area contributed by atoms with Crippen LogP contribution in [0.3, 0.4) is 0 Å². The number of benzene rings is 2. The minimum Gasteiger partial charge on any atom is -0.325 e. The Kier molecular flexibility index (Phi) is 5.43. The molecule has 0 atom stereocenters. The number of nitrogens with zero attached hydrogens (tertiary/aromatic N) is 2. The quantitative estimate of drug-likeness (QED) is 0.592. The summed E-state index contributed by atoms with van der Waals surface area (Å²) in [5.41, 5.74) is 1.79. The van der Waals surface area contributed by atoms with Crippen LogP contribution < -0.4 is 10.6 Å². The topological polar surface area (TPSA) is 99.8 Å². The number of aromatic amines is 1. The smallest absolute Gasteiger partial charge is 0.255 e. The molecule has 0 saturated carbocycles. The number of anilines is 2. The van der Waals surface area contributed by atoms with Crippen LogP contribution in [-0.4, -0.2) is 33.0 Å². The fourth-order valence-corrected chi connectivity index (χ4v) is 2.65. The van der Waals surface area contributed by atoms with E-state index in [9.17, 15) is 9.59 Å². The Balaban J connectivity index is 1.57. The van der Waals surface area contributed by atoms with Gasteiger partial charge in [-0.2, -0.15) is 10.3 Å². The van der Waals surface area contributed by atoms with Crippen molar-refractivity contribution in [1.82, 2.24) is 15.4 Å². The maximum Gasteiger partial charge on any atom is 0.255 e. The second kappa shape index (κ2) is 8.11. The van der Waals surface area contributed by atoms with E-state index in [1.807, 2.05) is 6.07 Å². The van der Waals surface area contributed by atoms with Crippen LogP contribution in [-0.2, 0) is 4.79 Å². The van der Waals surface area contributed by atoms with E-state index in [1.165, 1.54) is 11.8 Å². The van der Waals surface area contributed by atoms with Crippen LogP contribution >= 0.6 is 11.8 Å². The van der Waals surface area contributed by atoms with Gasteiger partial charge in [-0.05, 0) is 30.3 Å². The lowest BCUT2D eigenvalue weighted by Crippen LogP contribution is -2.15. The first kappa shape index (κ1) is 16.7. The lowest BCUT2D eigenvalue weighted by Gasteiger charge is -2.08. The van der Waals surface area contributed by atoms with Gasteiger partial charge in [-0.15, -0.1) is 5.10 Å². The minimum absolute atomic E-state index is 0.167. The van der Waals surface area contributed by atoms with Gasteiger partial charge in [0.15, 0.2) is 0 Å². The number of H-pyrrole nitrogens is 1. The van der Waals surface area contributed by atoms with Crippen molar-refractivity contribution in [3.8, 4) is 0 Å². The molecule has 0 fully saturated rings. The summed E-state index contributed by atoms with van der Waals surface area (Å²) in [6.45, 7) is 0. The standard InChI is InChI=1S/C17H15N5O2S/c23-15(11-25-16-10-18-22-21-16)19-13-7-4-8-14(9-13)20-17(24)12-5-2-1-3-6-12/h1-10H,11H2,(H,19,23)(H,20,24)(H,18,21,22). The number of thioether (sulfide) groups is 1. The number of carbonyl (C=O) groups excluding carboxylic acids is 2. The molecule has 8 heteroatoms. The Bertz CT molecular complexity index is 852. The first-order chi connectivity index (χ1) is 12.2. The lowest BCUT2D eigenvalue weighted by molar-refractivity contribution is -0.113. The van der Waals surface area contributed by atoms with Crippen molar-refractivity contribution in [3.63, 3.8) is 0 Å². The van der Waals surface area contributed by atoms with E-state index in [0.29, 0.717) is 22.0 Å². The molecule has 0 aliphatic carbocycles. The van der Waals surface area contributed by atoms with Crippen LogP contribution in [0, 0.1) is 0 Å². The van der Waals surface area contributed by atoms with Crippen molar-refractivity contribution in [3.05, 3.63) is 66.4 Å². The Hall–Kier alpha value is -3.13. The van der Waals surface area contributed by atoms with Crippen molar-refractivity contribution in [2.45, 2.75) is 5.03 Å². The monoisotopic (exact) mass is 353 g/mol. The van der Waals surface area contributed by atoms with Gasteiger partial charge in [0.1, 0.15) is 5.03 Å². The molecule has 0 radical (unpaired) electrons. The van der Waals surface area contributed by atoms with E-state index < -0.39 is 0 Å². The van der Waals surface area contributed by atoms with E-state index in [1.54, 1.807) is 54.7 Å². The maximum atomic E-state index is 12.2. The van der Waals surface area contributed by atoms with Crippen LogP contribution in [0.15, 0.2) is 65.8 Å². The van der Waals surface area contributed by atoms with Gasteiger partial charge in [0.2, 0.25) is 5.91 Å². The van der Waals surface area contributed by atoms with E-state index in [-0.39, 0.29) is 17.6 Å². The van der Waals surface area contributed by atoms with Gasteiger partial charge >= 0.3 is 0 Å². The summed E-state index contributed by atoms with van der Waals surface area (Å²) in [4.78, 5) is 24.1. The van der Waals surface area contributed by atoms with Gasteiger partial charge < -0.3 is 10.6 Å². The molecule has 3 N–H and O–H groups in total. The third-order valence-electron chi connectivity index (χ3n) is 3.18. The van der Waals surface area contributed by atoms with Crippen LogP contribution in [0.25, 0.3) is 0 Å². The number of carbonyl (C=O) groups is 2. The molecular weight excluding hydrogens is 338 g/mol. The minimum atomic E-state index is -0.203. The molecule has 0 aliphatic rings. The highest BCUT2D eigenvalue weighted by Gasteiger charge is 2.08. The largest absolute Gasteiger partial charge is 0.325 e. The highest BCUT2D eigenvalue weighted by Crippen LogP contribution is 2.18. The summed E-state index contributed by atoms with van der Waals surface area (Å²) in [5.74, 6) is -0.155. The molecule has 25 heavy (non-hydrogen) atoms.